The second-order valence-electron chi connectivity index (χ2n) is 4.21. The molecule has 1 aliphatic rings. The number of unbranched alkanes of at least 4 members (excludes halogenated alkanes) is 1. The van der Waals surface area contributed by atoms with E-state index < -0.39 is 0 Å². The number of phenolic OH excluding ortho intramolecular Hbond substituents is 1. The Morgan fingerprint density at radius 1 is 1.28 bits per heavy atom. The van der Waals surface area contributed by atoms with Gasteiger partial charge in [0.1, 0.15) is 5.75 Å². The number of ether oxygens (including phenoxy) is 2. The fraction of sp³-hybridized carbons (Fsp3) is 0.538. The highest BCUT2D eigenvalue weighted by molar-refractivity contribution is 7.98. The zero-order valence-corrected chi connectivity index (χ0v) is 11.4. The number of fused-ring (bicyclic) bond motifs is 1. The van der Waals surface area contributed by atoms with Gasteiger partial charge in [-0.1, -0.05) is 0 Å². The van der Waals surface area contributed by atoms with Crippen molar-refractivity contribution in [3.63, 3.8) is 0 Å². The molecule has 0 aromatic heterocycles. The number of rotatable bonds is 7. The van der Waals surface area contributed by atoms with Crippen molar-refractivity contribution in [3.8, 4) is 17.2 Å². The molecule has 0 amide bonds. The van der Waals surface area contributed by atoms with E-state index in [1.165, 1.54) is 12.2 Å². The van der Waals surface area contributed by atoms with Crippen LogP contribution in [0.5, 0.6) is 17.2 Å². The minimum atomic E-state index is 0.236. The molecular weight excluding hydrogens is 250 g/mol. The van der Waals surface area contributed by atoms with Gasteiger partial charge in [0.25, 0.3) is 0 Å². The molecule has 5 heteroatoms. The molecule has 2 rings (SSSR count). The summed E-state index contributed by atoms with van der Waals surface area (Å²) in [6, 6.07) is 3.46. The molecule has 1 aromatic rings. The predicted molar refractivity (Wildman–Crippen MR) is 73.6 cm³/mol. The van der Waals surface area contributed by atoms with Crippen molar-refractivity contribution >= 4 is 11.8 Å². The second kappa shape index (κ2) is 6.75. The number of hydrogen-bond acceptors (Lipinski definition) is 5. The van der Waals surface area contributed by atoms with E-state index in [0.717, 1.165) is 18.5 Å². The maximum absolute atomic E-state index is 9.84. The lowest BCUT2D eigenvalue weighted by Gasteiger charge is -2.08. The van der Waals surface area contributed by atoms with E-state index in [9.17, 15) is 5.11 Å². The van der Waals surface area contributed by atoms with Gasteiger partial charge in [-0.15, -0.1) is 0 Å². The average molecular weight is 269 g/mol. The smallest absolute Gasteiger partial charge is 0.231 e. The maximum Gasteiger partial charge on any atom is 0.231 e. The number of phenols is 1. The zero-order chi connectivity index (χ0) is 12.8. The Kier molecular flexibility index (Phi) is 5.01. The van der Waals surface area contributed by atoms with Crippen molar-refractivity contribution < 1.29 is 14.6 Å². The molecule has 0 unspecified atom stereocenters. The Bertz CT molecular complexity index is 398. The van der Waals surface area contributed by atoms with E-state index in [1.54, 1.807) is 6.07 Å². The summed E-state index contributed by atoms with van der Waals surface area (Å²) < 4.78 is 10.5. The van der Waals surface area contributed by atoms with Gasteiger partial charge in [0, 0.05) is 18.2 Å². The number of benzene rings is 1. The fourth-order valence-electron chi connectivity index (χ4n) is 1.83. The molecule has 0 aliphatic carbocycles. The Hall–Kier alpha value is -1.07. The van der Waals surface area contributed by atoms with Gasteiger partial charge in [-0.05, 0) is 37.5 Å². The first-order chi connectivity index (χ1) is 8.81. The van der Waals surface area contributed by atoms with Crippen LogP contribution in [0, 0.1) is 0 Å². The van der Waals surface area contributed by atoms with Crippen LogP contribution in [-0.4, -0.2) is 30.5 Å². The van der Waals surface area contributed by atoms with Gasteiger partial charge in [0.05, 0.1) is 0 Å². The summed E-state index contributed by atoms with van der Waals surface area (Å²) in [6.07, 6.45) is 4.51. The maximum atomic E-state index is 9.84. The highest BCUT2D eigenvalue weighted by atomic mass is 32.2. The van der Waals surface area contributed by atoms with Crippen LogP contribution < -0.4 is 14.8 Å². The van der Waals surface area contributed by atoms with Crippen LogP contribution in [0.15, 0.2) is 12.1 Å². The van der Waals surface area contributed by atoms with Gasteiger partial charge in [-0.2, -0.15) is 11.8 Å². The Labute approximate surface area is 112 Å². The lowest BCUT2D eigenvalue weighted by molar-refractivity contribution is 0.174. The minimum absolute atomic E-state index is 0.236. The highest BCUT2D eigenvalue weighted by Crippen LogP contribution is 2.37. The molecule has 1 aromatic carbocycles. The van der Waals surface area contributed by atoms with Gasteiger partial charge in [-0.3, -0.25) is 0 Å². The topological polar surface area (TPSA) is 50.7 Å². The van der Waals surface area contributed by atoms with Crippen molar-refractivity contribution in [1.82, 2.24) is 5.32 Å². The van der Waals surface area contributed by atoms with Gasteiger partial charge in [-0.25, -0.2) is 0 Å². The number of nitrogens with one attached hydrogen (secondary N) is 1. The van der Waals surface area contributed by atoms with Crippen LogP contribution in [0.1, 0.15) is 18.4 Å². The molecule has 0 spiro atoms. The van der Waals surface area contributed by atoms with E-state index in [1.807, 2.05) is 17.8 Å². The number of hydrogen-bond donors (Lipinski definition) is 2. The Morgan fingerprint density at radius 2 is 2.06 bits per heavy atom. The fourth-order valence-corrected chi connectivity index (χ4v) is 2.33. The Morgan fingerprint density at radius 3 is 2.83 bits per heavy atom. The largest absolute Gasteiger partial charge is 0.507 e. The van der Waals surface area contributed by atoms with Crippen LogP contribution in [0.3, 0.4) is 0 Å². The van der Waals surface area contributed by atoms with Crippen LogP contribution in [-0.2, 0) is 6.54 Å². The average Bonchev–Trinajstić information content (AvgIpc) is 2.80. The molecule has 0 bridgehead atoms. The van der Waals surface area contributed by atoms with E-state index in [4.69, 9.17) is 9.47 Å². The SMILES string of the molecule is CSCCCCNCc1cc2c(cc1O)OCO2. The van der Waals surface area contributed by atoms with Crippen molar-refractivity contribution in [3.05, 3.63) is 17.7 Å². The standard InChI is InChI=1S/C13H19NO3S/c1-18-5-3-2-4-14-8-10-6-12-13(7-11(10)15)17-9-16-12/h6-7,14-15H,2-5,8-9H2,1H3. The summed E-state index contributed by atoms with van der Waals surface area (Å²) in [5.74, 6) is 2.80. The van der Waals surface area contributed by atoms with Crippen LogP contribution in [0.4, 0.5) is 0 Å². The van der Waals surface area contributed by atoms with Crippen LogP contribution in [0.25, 0.3) is 0 Å². The quantitative estimate of drug-likeness (QED) is 0.744. The summed E-state index contributed by atoms with van der Waals surface area (Å²) in [5, 5.41) is 13.2. The molecule has 1 aliphatic heterocycles. The van der Waals surface area contributed by atoms with Gasteiger partial charge in [0.2, 0.25) is 6.79 Å². The number of aromatic hydroxyl groups is 1. The molecule has 1 heterocycles. The molecule has 0 radical (unpaired) electrons. The number of thioether (sulfide) groups is 1. The molecule has 18 heavy (non-hydrogen) atoms. The van der Waals surface area contributed by atoms with Crippen molar-refractivity contribution in [1.29, 1.82) is 0 Å². The molecule has 100 valence electrons. The van der Waals surface area contributed by atoms with Gasteiger partial charge in [0.15, 0.2) is 11.5 Å². The first-order valence-electron chi connectivity index (χ1n) is 6.12. The summed E-state index contributed by atoms with van der Waals surface area (Å²) in [5.41, 5.74) is 0.851. The van der Waals surface area contributed by atoms with E-state index in [2.05, 4.69) is 11.6 Å². The van der Waals surface area contributed by atoms with Gasteiger partial charge < -0.3 is 19.9 Å². The summed E-state index contributed by atoms with van der Waals surface area (Å²) in [7, 11) is 0. The summed E-state index contributed by atoms with van der Waals surface area (Å²) in [6.45, 7) is 1.86. The molecule has 0 fully saturated rings. The van der Waals surface area contributed by atoms with Gasteiger partial charge >= 0.3 is 0 Å². The highest BCUT2D eigenvalue weighted by Gasteiger charge is 2.16. The van der Waals surface area contributed by atoms with E-state index >= 15 is 0 Å². The van der Waals surface area contributed by atoms with Crippen molar-refractivity contribution in [2.24, 2.45) is 0 Å². The third kappa shape index (κ3) is 3.46. The monoisotopic (exact) mass is 269 g/mol. The Balaban J connectivity index is 1.79. The molecule has 4 nitrogen and oxygen atoms in total. The second-order valence-corrected chi connectivity index (χ2v) is 5.20. The van der Waals surface area contributed by atoms with Crippen molar-refractivity contribution in [2.45, 2.75) is 19.4 Å². The third-order valence-electron chi connectivity index (χ3n) is 2.84. The van der Waals surface area contributed by atoms with Crippen molar-refractivity contribution in [2.75, 3.05) is 25.3 Å². The van der Waals surface area contributed by atoms with Crippen LogP contribution in [0.2, 0.25) is 0 Å². The zero-order valence-electron chi connectivity index (χ0n) is 10.6. The lowest BCUT2D eigenvalue weighted by Crippen LogP contribution is -2.14. The summed E-state index contributed by atoms with van der Waals surface area (Å²) >= 11 is 1.87. The lowest BCUT2D eigenvalue weighted by atomic mass is 10.1. The normalized spacial score (nSPS) is 12.9. The van der Waals surface area contributed by atoms with Crippen LogP contribution >= 0.6 is 11.8 Å². The molecule has 0 atom stereocenters. The summed E-state index contributed by atoms with van der Waals surface area (Å²) in [4.78, 5) is 0. The third-order valence-corrected chi connectivity index (χ3v) is 3.54. The first-order valence-corrected chi connectivity index (χ1v) is 7.52. The minimum Gasteiger partial charge on any atom is -0.507 e. The molecule has 0 saturated carbocycles. The van der Waals surface area contributed by atoms with E-state index in [0.29, 0.717) is 18.0 Å². The van der Waals surface area contributed by atoms with E-state index in [-0.39, 0.29) is 12.5 Å². The molecule has 2 N–H and O–H groups in total. The predicted octanol–water partition coefficient (Wildman–Crippen LogP) is 2.35. The molecule has 0 saturated heterocycles. The first kappa shape index (κ1) is 13.4. The molecular formula is C13H19NO3S.